The van der Waals surface area contributed by atoms with Crippen LogP contribution in [0.1, 0.15) is 26.3 Å². The number of allylic oxidation sites excluding steroid dienone is 4. The lowest BCUT2D eigenvalue weighted by Gasteiger charge is -2.28. The molecule has 5 aromatic rings. The maximum atomic E-state index is 2.30. The number of anilines is 6. The van der Waals surface area contributed by atoms with Gasteiger partial charge in [0.05, 0.1) is 0 Å². The Balaban J connectivity index is 1.54. The molecule has 0 saturated heterocycles. The lowest BCUT2D eigenvalue weighted by Crippen LogP contribution is -2.12. The minimum absolute atomic E-state index is 1.11. The van der Waals surface area contributed by atoms with E-state index in [-0.39, 0.29) is 0 Å². The summed E-state index contributed by atoms with van der Waals surface area (Å²) < 4.78 is 0. The molecular weight excluding hydrogens is 472 g/mol. The molecule has 0 bridgehead atoms. The molecule has 0 aliphatic rings. The van der Waals surface area contributed by atoms with Crippen LogP contribution in [0.2, 0.25) is 0 Å². The largest absolute Gasteiger partial charge is 0.311 e. The molecule has 192 valence electrons. The summed E-state index contributed by atoms with van der Waals surface area (Å²) in [6.07, 6.45) is 4.40. The van der Waals surface area contributed by atoms with Gasteiger partial charge in [-0.3, -0.25) is 0 Å². The SMILES string of the molecule is C/C=C(\C=C(C)C)c1ccc(N(c2ccccc2)c2ccc(N(c3ccccc3)c3ccccc3)cc2)cc1. The number of benzene rings is 5. The second-order valence-electron chi connectivity index (χ2n) is 9.71. The second-order valence-corrected chi connectivity index (χ2v) is 9.71. The molecule has 0 spiro atoms. The minimum Gasteiger partial charge on any atom is -0.311 e. The first-order chi connectivity index (χ1) is 19.1. The van der Waals surface area contributed by atoms with Gasteiger partial charge in [-0.25, -0.2) is 0 Å². The Bertz CT molecular complexity index is 1490. The molecule has 0 N–H and O–H groups in total. The average Bonchev–Trinajstić information content (AvgIpc) is 2.99. The standard InChI is InChI=1S/C37H34N2/c1-4-30(28-29(2)3)31-20-22-35(23-21-31)39(34-18-12-7-13-19-34)37-26-24-36(25-27-37)38(32-14-8-5-9-15-32)33-16-10-6-11-17-33/h4-28H,1-3H3/b30-4+. The fraction of sp³-hybridized carbons (Fsp3) is 0.0811. The molecule has 0 saturated carbocycles. The molecule has 39 heavy (non-hydrogen) atoms. The van der Waals surface area contributed by atoms with Gasteiger partial charge in [-0.15, -0.1) is 0 Å². The zero-order valence-electron chi connectivity index (χ0n) is 22.8. The summed E-state index contributed by atoms with van der Waals surface area (Å²) in [6, 6.07) is 49.2. The number of para-hydroxylation sites is 3. The van der Waals surface area contributed by atoms with Crippen molar-refractivity contribution in [1.82, 2.24) is 0 Å². The highest BCUT2D eigenvalue weighted by molar-refractivity contribution is 5.82. The number of rotatable bonds is 8. The maximum absolute atomic E-state index is 2.30. The molecule has 0 radical (unpaired) electrons. The van der Waals surface area contributed by atoms with Gasteiger partial charge in [0.15, 0.2) is 0 Å². The van der Waals surface area contributed by atoms with Gasteiger partial charge in [-0.05, 0) is 105 Å². The van der Waals surface area contributed by atoms with E-state index in [0.717, 1.165) is 34.1 Å². The fourth-order valence-electron chi connectivity index (χ4n) is 4.82. The van der Waals surface area contributed by atoms with E-state index >= 15 is 0 Å². The number of hydrogen-bond donors (Lipinski definition) is 0. The van der Waals surface area contributed by atoms with Crippen molar-refractivity contribution in [1.29, 1.82) is 0 Å². The number of hydrogen-bond acceptors (Lipinski definition) is 2. The molecule has 0 aliphatic carbocycles. The molecule has 0 atom stereocenters. The van der Waals surface area contributed by atoms with E-state index in [1.165, 1.54) is 16.7 Å². The van der Waals surface area contributed by atoms with Gasteiger partial charge in [0.25, 0.3) is 0 Å². The van der Waals surface area contributed by atoms with E-state index in [1.54, 1.807) is 0 Å². The first kappa shape index (κ1) is 25.8. The Labute approximate surface area is 232 Å². The summed E-state index contributed by atoms with van der Waals surface area (Å²) in [7, 11) is 0. The van der Waals surface area contributed by atoms with Crippen LogP contribution in [0, 0.1) is 0 Å². The molecule has 0 unspecified atom stereocenters. The van der Waals surface area contributed by atoms with E-state index < -0.39 is 0 Å². The van der Waals surface area contributed by atoms with Crippen LogP contribution in [0.4, 0.5) is 34.1 Å². The van der Waals surface area contributed by atoms with Crippen LogP contribution in [0.5, 0.6) is 0 Å². The van der Waals surface area contributed by atoms with Crippen molar-refractivity contribution in [2.24, 2.45) is 0 Å². The Kier molecular flexibility index (Phi) is 8.04. The second kappa shape index (κ2) is 12.1. The van der Waals surface area contributed by atoms with Crippen LogP contribution >= 0.6 is 0 Å². The smallest absolute Gasteiger partial charge is 0.0463 e. The van der Waals surface area contributed by atoms with Crippen molar-refractivity contribution < 1.29 is 0 Å². The Hall–Kier alpha value is -4.82. The highest BCUT2D eigenvalue weighted by Gasteiger charge is 2.15. The topological polar surface area (TPSA) is 6.48 Å². The van der Waals surface area contributed by atoms with Gasteiger partial charge in [-0.2, -0.15) is 0 Å². The molecule has 0 fully saturated rings. The van der Waals surface area contributed by atoms with E-state index in [4.69, 9.17) is 0 Å². The van der Waals surface area contributed by atoms with Crippen LogP contribution in [0.15, 0.2) is 157 Å². The first-order valence-corrected chi connectivity index (χ1v) is 13.4. The van der Waals surface area contributed by atoms with Crippen molar-refractivity contribution in [3.63, 3.8) is 0 Å². The van der Waals surface area contributed by atoms with Gasteiger partial charge in [0, 0.05) is 34.1 Å². The molecule has 0 amide bonds. The van der Waals surface area contributed by atoms with E-state index in [0.29, 0.717) is 0 Å². The van der Waals surface area contributed by atoms with Gasteiger partial charge in [-0.1, -0.05) is 84.5 Å². The molecule has 2 nitrogen and oxygen atoms in total. The van der Waals surface area contributed by atoms with Crippen LogP contribution < -0.4 is 9.80 Å². The van der Waals surface area contributed by atoms with Crippen molar-refractivity contribution in [3.8, 4) is 0 Å². The molecule has 0 aliphatic heterocycles. The van der Waals surface area contributed by atoms with Crippen molar-refractivity contribution in [3.05, 3.63) is 163 Å². The quantitative estimate of drug-likeness (QED) is 0.193. The summed E-state index contributed by atoms with van der Waals surface area (Å²) in [5.41, 5.74) is 10.5. The Morgan fingerprint density at radius 3 is 1.05 bits per heavy atom. The summed E-state index contributed by atoms with van der Waals surface area (Å²) in [4.78, 5) is 4.59. The lowest BCUT2D eigenvalue weighted by molar-refractivity contribution is 1.25. The van der Waals surface area contributed by atoms with Crippen LogP contribution in [0.3, 0.4) is 0 Å². The van der Waals surface area contributed by atoms with Crippen LogP contribution in [-0.2, 0) is 0 Å². The average molecular weight is 507 g/mol. The third-order valence-electron chi connectivity index (χ3n) is 6.62. The van der Waals surface area contributed by atoms with E-state index in [2.05, 4.69) is 182 Å². The number of nitrogens with zero attached hydrogens (tertiary/aromatic N) is 2. The molecule has 5 aromatic carbocycles. The Morgan fingerprint density at radius 2 is 0.744 bits per heavy atom. The van der Waals surface area contributed by atoms with E-state index in [1.807, 2.05) is 0 Å². The lowest BCUT2D eigenvalue weighted by atomic mass is 10.0. The van der Waals surface area contributed by atoms with Crippen molar-refractivity contribution in [2.45, 2.75) is 20.8 Å². The minimum atomic E-state index is 1.11. The predicted octanol–water partition coefficient (Wildman–Crippen LogP) is 11.0. The monoisotopic (exact) mass is 506 g/mol. The Morgan fingerprint density at radius 1 is 0.436 bits per heavy atom. The van der Waals surface area contributed by atoms with Crippen molar-refractivity contribution >= 4 is 39.7 Å². The molecular formula is C37H34N2. The van der Waals surface area contributed by atoms with Crippen molar-refractivity contribution in [2.75, 3.05) is 9.80 Å². The summed E-state index contributed by atoms with van der Waals surface area (Å²) in [5.74, 6) is 0. The molecule has 5 rings (SSSR count). The summed E-state index contributed by atoms with van der Waals surface area (Å²) in [5, 5.41) is 0. The van der Waals surface area contributed by atoms with Gasteiger partial charge in [0.1, 0.15) is 0 Å². The zero-order valence-corrected chi connectivity index (χ0v) is 22.8. The highest BCUT2D eigenvalue weighted by Crippen LogP contribution is 2.39. The van der Waals surface area contributed by atoms with Gasteiger partial charge in [0.2, 0.25) is 0 Å². The summed E-state index contributed by atoms with van der Waals surface area (Å²) >= 11 is 0. The third kappa shape index (κ3) is 6.02. The predicted molar refractivity (Wildman–Crippen MR) is 169 cm³/mol. The van der Waals surface area contributed by atoms with E-state index in [9.17, 15) is 0 Å². The normalized spacial score (nSPS) is 11.1. The third-order valence-corrected chi connectivity index (χ3v) is 6.62. The zero-order chi connectivity index (χ0) is 27.0. The molecule has 0 heterocycles. The van der Waals surface area contributed by atoms with Gasteiger partial charge < -0.3 is 9.80 Å². The van der Waals surface area contributed by atoms with Crippen LogP contribution in [-0.4, -0.2) is 0 Å². The van der Waals surface area contributed by atoms with Gasteiger partial charge >= 0.3 is 0 Å². The molecule has 0 aromatic heterocycles. The first-order valence-electron chi connectivity index (χ1n) is 13.4. The molecule has 2 heteroatoms. The fourth-order valence-corrected chi connectivity index (χ4v) is 4.82. The summed E-state index contributed by atoms with van der Waals surface area (Å²) in [6.45, 7) is 6.36. The highest BCUT2D eigenvalue weighted by atomic mass is 15.2. The maximum Gasteiger partial charge on any atom is 0.0463 e. The van der Waals surface area contributed by atoms with Crippen LogP contribution in [0.25, 0.3) is 5.57 Å².